The third-order valence-corrected chi connectivity index (χ3v) is 6.63. The van der Waals surface area contributed by atoms with Crippen LogP contribution in [0.5, 0.6) is 0 Å². The van der Waals surface area contributed by atoms with Gasteiger partial charge in [-0.1, -0.05) is 47.0 Å². The molecule has 4 rings (SSSR count). The van der Waals surface area contributed by atoms with Crippen molar-refractivity contribution in [3.63, 3.8) is 0 Å². The Morgan fingerprint density at radius 1 is 1.00 bits per heavy atom. The van der Waals surface area contributed by atoms with Gasteiger partial charge in [-0.2, -0.15) is 0 Å². The summed E-state index contributed by atoms with van der Waals surface area (Å²) in [7, 11) is 0. The van der Waals surface area contributed by atoms with Crippen molar-refractivity contribution in [1.82, 2.24) is 10.2 Å². The maximum Gasteiger partial charge on any atom is 0.322 e. The Kier molecular flexibility index (Phi) is 5.63. The predicted octanol–water partition coefficient (Wildman–Crippen LogP) is 5.08. The van der Waals surface area contributed by atoms with Gasteiger partial charge in [0.2, 0.25) is 0 Å². The van der Waals surface area contributed by atoms with E-state index in [2.05, 4.69) is 67.4 Å². The largest absolute Gasteiger partial charge is 0.336 e. The van der Waals surface area contributed by atoms with Crippen LogP contribution in [0.2, 0.25) is 0 Å². The molecule has 0 unspecified atom stereocenters. The Morgan fingerprint density at radius 2 is 1.67 bits per heavy atom. The fourth-order valence-corrected chi connectivity index (χ4v) is 5.27. The lowest BCUT2D eigenvalue weighted by atomic mass is 9.74. The Hall–Kier alpha value is -2.33. The first-order valence-electron chi connectivity index (χ1n) is 11.2. The number of nitrogens with one attached hydrogen (secondary N) is 1. The Morgan fingerprint density at radius 3 is 2.30 bits per heavy atom. The maximum absolute atomic E-state index is 12.9. The zero-order valence-corrected chi connectivity index (χ0v) is 19.1. The Labute approximate surface area is 181 Å². The molecular weight excluding hydrogens is 370 g/mol. The van der Waals surface area contributed by atoms with Gasteiger partial charge in [0, 0.05) is 30.2 Å². The zero-order chi connectivity index (χ0) is 21.5. The van der Waals surface area contributed by atoms with E-state index in [1.807, 2.05) is 18.7 Å². The SMILES string of the molecule is Cc1cc(C)cc(CN2CCC3(CC2)CN(C(=O)NC(C)C)c2ccc(C)cc23)c1. The molecule has 2 aromatic carbocycles. The molecule has 2 amide bonds. The lowest BCUT2D eigenvalue weighted by Crippen LogP contribution is -2.48. The van der Waals surface area contributed by atoms with E-state index in [1.165, 1.54) is 27.8 Å². The van der Waals surface area contributed by atoms with E-state index >= 15 is 0 Å². The molecule has 2 aliphatic rings. The number of urea groups is 1. The number of aryl methyl sites for hydroxylation is 3. The zero-order valence-electron chi connectivity index (χ0n) is 19.1. The first kappa shape index (κ1) is 20.9. The van der Waals surface area contributed by atoms with E-state index in [1.54, 1.807) is 0 Å². The van der Waals surface area contributed by atoms with Gasteiger partial charge in [0.1, 0.15) is 0 Å². The van der Waals surface area contributed by atoms with E-state index in [-0.39, 0.29) is 17.5 Å². The summed E-state index contributed by atoms with van der Waals surface area (Å²) in [5.74, 6) is 0. The van der Waals surface area contributed by atoms with Crippen LogP contribution in [-0.2, 0) is 12.0 Å². The number of hydrogen-bond acceptors (Lipinski definition) is 2. The molecule has 0 saturated carbocycles. The monoisotopic (exact) mass is 405 g/mol. The number of amides is 2. The lowest BCUT2D eigenvalue weighted by molar-refractivity contribution is 0.159. The van der Waals surface area contributed by atoms with Crippen molar-refractivity contribution >= 4 is 11.7 Å². The lowest BCUT2D eigenvalue weighted by Gasteiger charge is -2.40. The molecule has 1 spiro atoms. The molecule has 0 atom stereocenters. The number of carbonyl (C=O) groups excluding carboxylic acids is 1. The minimum atomic E-state index is 0.0321. The van der Waals surface area contributed by atoms with Crippen molar-refractivity contribution < 1.29 is 4.79 Å². The molecule has 0 aromatic heterocycles. The van der Waals surface area contributed by atoms with Gasteiger partial charge in [0.15, 0.2) is 0 Å². The first-order chi connectivity index (χ1) is 14.3. The summed E-state index contributed by atoms with van der Waals surface area (Å²) < 4.78 is 0. The fraction of sp³-hybridized carbons (Fsp3) is 0.500. The van der Waals surface area contributed by atoms with Gasteiger partial charge in [0.25, 0.3) is 0 Å². The van der Waals surface area contributed by atoms with Gasteiger partial charge in [0.05, 0.1) is 0 Å². The van der Waals surface area contributed by atoms with Gasteiger partial charge in [-0.15, -0.1) is 0 Å². The second-order valence-corrected chi connectivity index (χ2v) is 9.76. The molecule has 160 valence electrons. The van der Waals surface area contributed by atoms with Crippen LogP contribution in [0, 0.1) is 20.8 Å². The minimum absolute atomic E-state index is 0.0321. The average Bonchev–Trinajstić information content (AvgIpc) is 2.96. The molecule has 2 aromatic rings. The molecule has 1 saturated heterocycles. The molecular formula is C26H35N3O. The summed E-state index contributed by atoms with van der Waals surface area (Å²) in [5.41, 5.74) is 7.90. The third-order valence-electron chi connectivity index (χ3n) is 6.63. The van der Waals surface area contributed by atoms with Gasteiger partial charge in [-0.25, -0.2) is 4.79 Å². The van der Waals surface area contributed by atoms with Crippen molar-refractivity contribution in [3.05, 3.63) is 64.2 Å². The van der Waals surface area contributed by atoms with Crippen LogP contribution >= 0.6 is 0 Å². The summed E-state index contributed by atoms with van der Waals surface area (Å²) in [6.45, 7) is 14.5. The first-order valence-corrected chi connectivity index (χ1v) is 11.2. The molecule has 1 N–H and O–H groups in total. The standard InChI is InChI=1S/C26H35N3O/c1-18(2)27-25(30)29-17-26(23-15-19(3)6-7-24(23)29)8-10-28(11-9-26)16-22-13-20(4)12-21(5)14-22/h6-7,12-15,18H,8-11,16-17H2,1-5H3,(H,27,30). The summed E-state index contributed by atoms with van der Waals surface area (Å²) in [6.07, 6.45) is 2.19. The molecule has 4 nitrogen and oxygen atoms in total. The van der Waals surface area contributed by atoms with Crippen LogP contribution in [0.15, 0.2) is 36.4 Å². The molecule has 1 fully saturated rings. The summed E-state index contributed by atoms with van der Waals surface area (Å²) in [4.78, 5) is 17.5. The normalized spacial score (nSPS) is 18.1. The van der Waals surface area contributed by atoms with Crippen molar-refractivity contribution in [3.8, 4) is 0 Å². The number of nitrogens with zero attached hydrogens (tertiary/aromatic N) is 2. The predicted molar refractivity (Wildman–Crippen MR) is 124 cm³/mol. The highest BCUT2D eigenvalue weighted by molar-refractivity contribution is 5.95. The average molecular weight is 406 g/mol. The van der Waals surface area contributed by atoms with E-state index < -0.39 is 0 Å². The third kappa shape index (κ3) is 4.11. The van der Waals surface area contributed by atoms with E-state index in [0.29, 0.717) is 0 Å². The second kappa shape index (κ2) is 8.07. The number of rotatable bonds is 3. The molecule has 4 heteroatoms. The highest BCUT2D eigenvalue weighted by Gasteiger charge is 2.46. The molecule has 2 heterocycles. The van der Waals surface area contributed by atoms with Crippen molar-refractivity contribution in [1.29, 1.82) is 0 Å². The smallest absolute Gasteiger partial charge is 0.322 e. The van der Waals surface area contributed by atoms with Crippen LogP contribution in [0.4, 0.5) is 10.5 Å². The quantitative estimate of drug-likeness (QED) is 0.773. The molecule has 0 bridgehead atoms. The van der Waals surface area contributed by atoms with Crippen LogP contribution < -0.4 is 10.2 Å². The van der Waals surface area contributed by atoms with E-state index in [9.17, 15) is 4.79 Å². The Balaban J connectivity index is 1.52. The van der Waals surface area contributed by atoms with Crippen LogP contribution in [0.3, 0.4) is 0 Å². The van der Waals surface area contributed by atoms with Gasteiger partial charge < -0.3 is 5.32 Å². The summed E-state index contributed by atoms with van der Waals surface area (Å²) in [5, 5.41) is 3.09. The minimum Gasteiger partial charge on any atom is -0.336 e. The highest BCUT2D eigenvalue weighted by atomic mass is 16.2. The van der Waals surface area contributed by atoms with Crippen molar-refractivity contribution in [2.75, 3.05) is 24.5 Å². The van der Waals surface area contributed by atoms with Crippen LogP contribution in [0.25, 0.3) is 0 Å². The molecule has 0 radical (unpaired) electrons. The topological polar surface area (TPSA) is 35.6 Å². The highest BCUT2D eigenvalue weighted by Crippen LogP contribution is 2.47. The summed E-state index contributed by atoms with van der Waals surface area (Å²) >= 11 is 0. The number of hydrogen-bond donors (Lipinski definition) is 1. The van der Waals surface area contributed by atoms with Crippen molar-refractivity contribution in [2.24, 2.45) is 0 Å². The maximum atomic E-state index is 12.9. The van der Waals surface area contributed by atoms with Gasteiger partial charge in [-0.05, 0) is 77.7 Å². The van der Waals surface area contributed by atoms with Gasteiger partial charge >= 0.3 is 6.03 Å². The van der Waals surface area contributed by atoms with Crippen LogP contribution in [0.1, 0.15) is 54.5 Å². The number of benzene rings is 2. The van der Waals surface area contributed by atoms with Gasteiger partial charge in [-0.3, -0.25) is 9.80 Å². The molecule has 30 heavy (non-hydrogen) atoms. The molecule has 2 aliphatic heterocycles. The number of anilines is 1. The number of piperidine rings is 1. The number of fused-ring (bicyclic) bond motifs is 2. The van der Waals surface area contributed by atoms with Crippen LogP contribution in [-0.4, -0.2) is 36.6 Å². The van der Waals surface area contributed by atoms with Crippen molar-refractivity contribution in [2.45, 2.75) is 65.5 Å². The Bertz CT molecular complexity index is 921. The number of carbonyl (C=O) groups is 1. The fourth-order valence-electron chi connectivity index (χ4n) is 5.27. The second-order valence-electron chi connectivity index (χ2n) is 9.76. The van der Waals surface area contributed by atoms with E-state index in [4.69, 9.17) is 0 Å². The van der Waals surface area contributed by atoms with E-state index in [0.717, 1.165) is 44.7 Å². The summed E-state index contributed by atoms with van der Waals surface area (Å²) in [6, 6.07) is 13.6. The number of likely N-dealkylation sites (tertiary alicyclic amines) is 1. The molecule has 0 aliphatic carbocycles.